The Morgan fingerprint density at radius 3 is 3.00 bits per heavy atom. The molecule has 2 rings (SSSR count). The number of hydrogen-bond donors (Lipinski definition) is 2. The first-order chi connectivity index (χ1) is 6.72. The standard InChI is InChI=1S/C9H10N4O/c1-11-8-3-2-7(10)9-6(8)4-13(14)5-12-9/h2-5,11H,10H2,1H3. The summed E-state index contributed by atoms with van der Waals surface area (Å²) < 4.78 is 0.655. The summed E-state index contributed by atoms with van der Waals surface area (Å²) in [6, 6.07) is 3.58. The average Bonchev–Trinajstić information content (AvgIpc) is 2.18. The molecule has 0 aliphatic carbocycles. The van der Waals surface area contributed by atoms with Gasteiger partial charge < -0.3 is 16.3 Å². The molecule has 1 aromatic heterocycles. The molecule has 0 aliphatic heterocycles. The number of nitrogen functional groups attached to an aromatic ring is 1. The third kappa shape index (κ3) is 1.19. The summed E-state index contributed by atoms with van der Waals surface area (Å²) in [5.41, 5.74) is 7.78. The Balaban J connectivity index is 2.85. The number of nitrogens with two attached hydrogens (primary N) is 1. The van der Waals surface area contributed by atoms with Crippen LogP contribution >= 0.6 is 0 Å². The van der Waals surface area contributed by atoms with Gasteiger partial charge in [-0.3, -0.25) is 0 Å². The number of hydrogen-bond acceptors (Lipinski definition) is 4. The molecule has 0 fully saturated rings. The van der Waals surface area contributed by atoms with Crippen molar-refractivity contribution in [2.45, 2.75) is 0 Å². The van der Waals surface area contributed by atoms with Crippen molar-refractivity contribution >= 4 is 22.3 Å². The van der Waals surface area contributed by atoms with Crippen molar-refractivity contribution in [3.63, 3.8) is 0 Å². The lowest BCUT2D eigenvalue weighted by Crippen LogP contribution is -2.25. The summed E-state index contributed by atoms with van der Waals surface area (Å²) in [5.74, 6) is 0. The number of rotatable bonds is 1. The zero-order valence-corrected chi connectivity index (χ0v) is 7.69. The van der Waals surface area contributed by atoms with Crippen molar-refractivity contribution in [3.05, 3.63) is 29.9 Å². The first-order valence-electron chi connectivity index (χ1n) is 4.17. The summed E-state index contributed by atoms with van der Waals surface area (Å²) >= 11 is 0. The largest absolute Gasteiger partial charge is 0.711 e. The van der Waals surface area contributed by atoms with Gasteiger partial charge in [0.05, 0.1) is 11.1 Å². The lowest BCUT2D eigenvalue weighted by molar-refractivity contribution is -0.607. The Morgan fingerprint density at radius 1 is 1.50 bits per heavy atom. The molecular weight excluding hydrogens is 180 g/mol. The average molecular weight is 190 g/mol. The Morgan fingerprint density at radius 2 is 2.29 bits per heavy atom. The van der Waals surface area contributed by atoms with E-state index >= 15 is 0 Å². The number of nitrogens with one attached hydrogen (secondary N) is 1. The van der Waals surface area contributed by atoms with Crippen LogP contribution in [0.25, 0.3) is 10.9 Å². The second kappa shape index (κ2) is 3.02. The van der Waals surface area contributed by atoms with E-state index in [9.17, 15) is 5.21 Å². The van der Waals surface area contributed by atoms with Crippen LogP contribution in [0.4, 0.5) is 11.4 Å². The molecule has 1 heterocycles. The highest BCUT2D eigenvalue weighted by Gasteiger charge is 2.09. The molecule has 0 saturated heterocycles. The van der Waals surface area contributed by atoms with Gasteiger partial charge in [-0.25, -0.2) is 4.73 Å². The van der Waals surface area contributed by atoms with Gasteiger partial charge in [0.25, 0.3) is 6.33 Å². The monoisotopic (exact) mass is 190 g/mol. The Bertz CT molecular complexity index is 483. The molecule has 0 aliphatic rings. The molecule has 0 spiro atoms. The van der Waals surface area contributed by atoms with E-state index in [1.54, 1.807) is 13.1 Å². The van der Waals surface area contributed by atoms with Gasteiger partial charge in [-0.05, 0) is 17.1 Å². The van der Waals surface area contributed by atoms with Crippen molar-refractivity contribution in [3.8, 4) is 0 Å². The smallest absolute Gasteiger partial charge is 0.289 e. The SMILES string of the molecule is CNc1ccc(N)c2nc[n+]([O-])cc12. The van der Waals surface area contributed by atoms with Crippen LogP contribution in [0.5, 0.6) is 0 Å². The molecular formula is C9H10N4O. The lowest BCUT2D eigenvalue weighted by Gasteiger charge is -2.06. The van der Waals surface area contributed by atoms with Crippen LogP contribution in [-0.4, -0.2) is 12.0 Å². The topological polar surface area (TPSA) is 77.9 Å². The van der Waals surface area contributed by atoms with Crippen LogP contribution in [0.15, 0.2) is 24.7 Å². The van der Waals surface area contributed by atoms with E-state index in [0.717, 1.165) is 11.1 Å². The molecule has 1 aromatic carbocycles. The fraction of sp³-hybridized carbons (Fsp3) is 0.111. The Kier molecular flexibility index (Phi) is 1.85. The van der Waals surface area contributed by atoms with Crippen molar-refractivity contribution in [2.24, 2.45) is 0 Å². The zero-order chi connectivity index (χ0) is 10.1. The normalized spacial score (nSPS) is 10.4. The Hall–Kier alpha value is -2.04. The highest BCUT2D eigenvalue weighted by molar-refractivity contribution is 5.97. The van der Waals surface area contributed by atoms with Crippen LogP contribution in [-0.2, 0) is 0 Å². The van der Waals surface area contributed by atoms with Gasteiger partial charge >= 0.3 is 0 Å². The predicted molar refractivity (Wildman–Crippen MR) is 54.7 cm³/mol. The quantitative estimate of drug-likeness (QED) is 0.390. The molecule has 0 saturated carbocycles. The van der Waals surface area contributed by atoms with Gasteiger partial charge in [-0.2, -0.15) is 0 Å². The van der Waals surface area contributed by atoms with Gasteiger partial charge in [0, 0.05) is 12.7 Å². The fourth-order valence-corrected chi connectivity index (χ4v) is 1.39. The maximum atomic E-state index is 11.0. The summed E-state index contributed by atoms with van der Waals surface area (Å²) in [4.78, 5) is 3.97. The van der Waals surface area contributed by atoms with E-state index in [1.165, 1.54) is 12.5 Å². The van der Waals surface area contributed by atoms with E-state index < -0.39 is 0 Å². The van der Waals surface area contributed by atoms with Gasteiger partial charge in [0.1, 0.15) is 6.20 Å². The van der Waals surface area contributed by atoms with E-state index in [2.05, 4.69) is 10.3 Å². The van der Waals surface area contributed by atoms with Crippen molar-refractivity contribution in [1.82, 2.24) is 4.98 Å². The zero-order valence-electron chi connectivity index (χ0n) is 7.69. The van der Waals surface area contributed by atoms with Crippen LogP contribution < -0.4 is 15.8 Å². The number of benzene rings is 1. The predicted octanol–water partition coefficient (Wildman–Crippen LogP) is 0.492. The minimum Gasteiger partial charge on any atom is -0.711 e. The van der Waals surface area contributed by atoms with E-state index in [4.69, 9.17) is 5.73 Å². The van der Waals surface area contributed by atoms with Gasteiger partial charge in [-0.1, -0.05) is 0 Å². The molecule has 0 radical (unpaired) electrons. The number of nitrogens with zero attached hydrogens (tertiary/aromatic N) is 2. The number of fused-ring (bicyclic) bond motifs is 1. The summed E-state index contributed by atoms with van der Waals surface area (Å²) in [6.07, 6.45) is 2.64. The van der Waals surface area contributed by atoms with Crippen LogP contribution in [0.3, 0.4) is 0 Å². The molecule has 3 N–H and O–H groups in total. The third-order valence-corrected chi connectivity index (χ3v) is 2.07. The van der Waals surface area contributed by atoms with Gasteiger partial charge in [0.2, 0.25) is 5.52 Å². The first-order valence-corrected chi connectivity index (χ1v) is 4.17. The fourth-order valence-electron chi connectivity index (χ4n) is 1.39. The third-order valence-electron chi connectivity index (χ3n) is 2.07. The van der Waals surface area contributed by atoms with Crippen LogP contribution in [0, 0.1) is 5.21 Å². The van der Waals surface area contributed by atoms with Crippen molar-refractivity contribution in [2.75, 3.05) is 18.1 Å². The van der Waals surface area contributed by atoms with Crippen molar-refractivity contribution in [1.29, 1.82) is 0 Å². The van der Waals surface area contributed by atoms with Crippen LogP contribution in [0.1, 0.15) is 0 Å². The summed E-state index contributed by atoms with van der Waals surface area (Å²) in [6.45, 7) is 0. The second-order valence-electron chi connectivity index (χ2n) is 2.95. The molecule has 0 unspecified atom stereocenters. The molecule has 5 heteroatoms. The summed E-state index contributed by atoms with van der Waals surface area (Å²) in [5, 5.41) is 14.8. The van der Waals surface area contributed by atoms with E-state index in [1.807, 2.05) is 6.07 Å². The minimum absolute atomic E-state index is 0.569. The molecule has 5 nitrogen and oxygen atoms in total. The molecule has 72 valence electrons. The molecule has 14 heavy (non-hydrogen) atoms. The molecule has 0 atom stereocenters. The van der Waals surface area contributed by atoms with Gasteiger partial charge in [0.15, 0.2) is 0 Å². The minimum atomic E-state index is 0.569. The maximum absolute atomic E-state index is 11.0. The lowest BCUT2D eigenvalue weighted by atomic mass is 10.2. The second-order valence-corrected chi connectivity index (χ2v) is 2.95. The van der Waals surface area contributed by atoms with E-state index in [0.29, 0.717) is 15.9 Å². The van der Waals surface area contributed by atoms with Crippen molar-refractivity contribution < 1.29 is 4.73 Å². The molecule has 0 amide bonds. The molecule has 2 aromatic rings. The number of anilines is 2. The van der Waals surface area contributed by atoms with Crippen LogP contribution in [0.2, 0.25) is 0 Å². The highest BCUT2D eigenvalue weighted by Crippen LogP contribution is 2.24. The Labute approximate surface area is 80.8 Å². The number of aromatic nitrogens is 2. The first kappa shape index (κ1) is 8.55. The maximum Gasteiger partial charge on any atom is 0.289 e. The van der Waals surface area contributed by atoms with Gasteiger partial charge in [-0.15, -0.1) is 0 Å². The van der Waals surface area contributed by atoms with E-state index in [-0.39, 0.29) is 0 Å². The molecule has 0 bridgehead atoms. The summed E-state index contributed by atoms with van der Waals surface area (Å²) in [7, 11) is 1.78. The highest BCUT2D eigenvalue weighted by atomic mass is 16.5.